The number of aryl methyl sites for hydroxylation is 1. The number of carbonyl (C=O) groups is 2. The Morgan fingerprint density at radius 3 is 2.29 bits per heavy atom. The van der Waals surface area contributed by atoms with Crippen LogP contribution in [0.5, 0.6) is 0 Å². The molecule has 0 radical (unpaired) electrons. The maximum absolute atomic E-state index is 13.1. The molecular weight excluding hydrogens is 408 g/mol. The number of carbonyl (C=O) groups excluding carboxylic acids is 2. The summed E-state index contributed by atoms with van der Waals surface area (Å²) in [5.41, 5.74) is 2.36. The predicted octanol–water partition coefficient (Wildman–Crippen LogP) is 3.63. The first-order valence-electron chi connectivity index (χ1n) is 11.0. The Morgan fingerprint density at radius 2 is 1.61 bits per heavy atom. The van der Waals surface area contributed by atoms with Crippen LogP contribution < -0.4 is 0 Å². The largest absolute Gasteiger partial charge is 0.336 e. The molecule has 2 atom stereocenters. The van der Waals surface area contributed by atoms with Crippen LogP contribution in [0.1, 0.15) is 28.1 Å². The molecule has 2 aliphatic rings. The van der Waals surface area contributed by atoms with Crippen molar-refractivity contribution in [2.45, 2.75) is 31.8 Å². The van der Waals surface area contributed by atoms with Gasteiger partial charge in [0.1, 0.15) is 0 Å². The van der Waals surface area contributed by atoms with E-state index in [1.807, 2.05) is 40.9 Å². The highest BCUT2D eigenvalue weighted by Crippen LogP contribution is 2.30. The number of nitrogens with zero attached hydrogens (tertiary/aromatic N) is 4. The molecule has 3 amide bonds. The molecule has 0 saturated carbocycles. The normalized spacial score (nSPS) is 21.5. The fourth-order valence-corrected chi connectivity index (χ4v) is 5.50. The smallest absolute Gasteiger partial charge is 0.320 e. The third-order valence-corrected chi connectivity index (χ3v) is 7.79. The summed E-state index contributed by atoms with van der Waals surface area (Å²) in [5.74, 6) is 0.0356. The van der Waals surface area contributed by atoms with Gasteiger partial charge in [-0.1, -0.05) is 29.8 Å². The van der Waals surface area contributed by atoms with Gasteiger partial charge in [0.15, 0.2) is 0 Å². The van der Waals surface area contributed by atoms with E-state index in [1.165, 1.54) is 16.9 Å². The number of thiophene rings is 1. The molecule has 4 rings (SSSR count). The van der Waals surface area contributed by atoms with E-state index < -0.39 is 0 Å². The van der Waals surface area contributed by atoms with E-state index in [9.17, 15) is 9.59 Å². The predicted molar refractivity (Wildman–Crippen MR) is 126 cm³/mol. The first-order valence-corrected chi connectivity index (χ1v) is 11.8. The van der Waals surface area contributed by atoms with Crippen molar-refractivity contribution in [2.24, 2.45) is 0 Å². The van der Waals surface area contributed by atoms with Crippen molar-refractivity contribution in [3.63, 3.8) is 0 Å². The van der Waals surface area contributed by atoms with Gasteiger partial charge in [-0.25, -0.2) is 4.79 Å². The molecule has 2 aliphatic heterocycles. The van der Waals surface area contributed by atoms with Crippen LogP contribution in [0.4, 0.5) is 4.79 Å². The summed E-state index contributed by atoms with van der Waals surface area (Å²) in [7, 11) is 5.87. The molecule has 0 unspecified atom stereocenters. The lowest BCUT2D eigenvalue weighted by Crippen LogP contribution is -2.47. The van der Waals surface area contributed by atoms with Crippen LogP contribution in [0.15, 0.2) is 36.4 Å². The van der Waals surface area contributed by atoms with Gasteiger partial charge in [-0.15, -0.1) is 11.3 Å². The number of likely N-dealkylation sites (tertiary alicyclic amines) is 2. The zero-order valence-corrected chi connectivity index (χ0v) is 19.7. The van der Waals surface area contributed by atoms with E-state index in [1.54, 1.807) is 0 Å². The van der Waals surface area contributed by atoms with Crippen molar-refractivity contribution >= 4 is 23.3 Å². The number of rotatable bonds is 4. The average Bonchev–Trinajstić information content (AvgIpc) is 3.52. The van der Waals surface area contributed by atoms with Crippen LogP contribution in [0, 0.1) is 6.92 Å². The topological polar surface area (TPSA) is 47.1 Å². The molecule has 0 aliphatic carbocycles. The van der Waals surface area contributed by atoms with E-state index in [0.717, 1.165) is 41.2 Å². The van der Waals surface area contributed by atoms with E-state index in [-0.39, 0.29) is 24.0 Å². The van der Waals surface area contributed by atoms with E-state index in [0.29, 0.717) is 13.1 Å². The highest BCUT2D eigenvalue weighted by molar-refractivity contribution is 7.17. The van der Waals surface area contributed by atoms with E-state index in [2.05, 4.69) is 43.1 Å². The van der Waals surface area contributed by atoms with Gasteiger partial charge in [0.05, 0.1) is 10.9 Å². The molecule has 166 valence electrons. The van der Waals surface area contributed by atoms with Crippen molar-refractivity contribution < 1.29 is 9.59 Å². The zero-order chi connectivity index (χ0) is 22.1. The van der Waals surface area contributed by atoms with Crippen LogP contribution >= 0.6 is 11.3 Å². The fourth-order valence-electron chi connectivity index (χ4n) is 4.50. The van der Waals surface area contributed by atoms with Gasteiger partial charge in [0.25, 0.3) is 5.91 Å². The third kappa shape index (κ3) is 4.62. The number of urea groups is 1. The van der Waals surface area contributed by atoms with Gasteiger partial charge < -0.3 is 19.6 Å². The quantitative estimate of drug-likeness (QED) is 0.730. The molecule has 0 N–H and O–H groups in total. The van der Waals surface area contributed by atoms with Gasteiger partial charge in [-0.05, 0) is 51.1 Å². The molecule has 6 nitrogen and oxygen atoms in total. The lowest BCUT2D eigenvalue weighted by Gasteiger charge is -2.30. The third-order valence-electron chi connectivity index (χ3n) is 6.67. The Hall–Kier alpha value is -2.38. The van der Waals surface area contributed by atoms with Crippen LogP contribution in [-0.2, 0) is 0 Å². The first kappa shape index (κ1) is 21.8. The maximum Gasteiger partial charge on any atom is 0.320 e. The Labute approximate surface area is 189 Å². The summed E-state index contributed by atoms with van der Waals surface area (Å²) in [6, 6.07) is 12.7. The van der Waals surface area contributed by atoms with E-state index >= 15 is 0 Å². The molecule has 1 aromatic heterocycles. The standard InChI is InChI=1S/C24H32N4O2S/c1-17-5-7-18(8-6-17)21-9-10-22(31-21)23(29)26(3)20-12-14-28(16-20)24(30)27(4)19-11-13-25(2)15-19/h5-10,19-20H,11-16H2,1-4H3/t19-,20+/m1/s1. The number of amides is 3. The second-order valence-electron chi connectivity index (χ2n) is 8.93. The van der Waals surface area contributed by atoms with Crippen LogP contribution in [-0.4, -0.2) is 90.9 Å². The van der Waals surface area contributed by atoms with Gasteiger partial charge in [0.2, 0.25) is 0 Å². The Balaban J connectivity index is 1.36. The number of likely N-dealkylation sites (N-methyl/N-ethyl adjacent to an activating group) is 3. The van der Waals surface area contributed by atoms with Crippen molar-refractivity contribution in [3.05, 3.63) is 46.8 Å². The maximum atomic E-state index is 13.1. The average molecular weight is 441 g/mol. The molecule has 2 aromatic rings. The Morgan fingerprint density at radius 1 is 0.935 bits per heavy atom. The SMILES string of the molecule is Cc1ccc(-c2ccc(C(=O)N(C)[C@H]3CCN(C(=O)N(C)[C@@H]4CCN(C)C4)C3)s2)cc1. The van der Waals surface area contributed by atoms with Crippen LogP contribution in [0.25, 0.3) is 10.4 Å². The summed E-state index contributed by atoms with van der Waals surface area (Å²) >= 11 is 1.53. The minimum Gasteiger partial charge on any atom is -0.336 e. The highest BCUT2D eigenvalue weighted by Gasteiger charge is 2.35. The molecule has 2 saturated heterocycles. The lowest BCUT2D eigenvalue weighted by molar-refractivity contribution is 0.0739. The summed E-state index contributed by atoms with van der Waals surface area (Å²) in [4.78, 5) is 35.8. The molecule has 3 heterocycles. The van der Waals surface area contributed by atoms with Crippen molar-refractivity contribution in [3.8, 4) is 10.4 Å². The fraction of sp³-hybridized carbons (Fsp3) is 0.500. The van der Waals surface area contributed by atoms with Gasteiger partial charge in [-0.3, -0.25) is 4.79 Å². The highest BCUT2D eigenvalue weighted by atomic mass is 32.1. The van der Waals surface area contributed by atoms with E-state index in [4.69, 9.17) is 0 Å². The molecule has 7 heteroatoms. The lowest BCUT2D eigenvalue weighted by atomic mass is 10.1. The summed E-state index contributed by atoms with van der Waals surface area (Å²) in [6.45, 7) is 5.34. The Kier molecular flexibility index (Phi) is 6.34. The molecular formula is C24H32N4O2S. The molecule has 0 spiro atoms. The van der Waals surface area contributed by atoms with Gasteiger partial charge >= 0.3 is 6.03 Å². The summed E-state index contributed by atoms with van der Waals surface area (Å²) < 4.78 is 0. The monoisotopic (exact) mass is 440 g/mol. The summed E-state index contributed by atoms with van der Waals surface area (Å²) in [6.07, 6.45) is 1.85. The minimum atomic E-state index is 0.0356. The molecule has 2 fully saturated rings. The number of hydrogen-bond acceptors (Lipinski definition) is 4. The molecule has 0 bridgehead atoms. The minimum absolute atomic E-state index is 0.0356. The second kappa shape index (κ2) is 9.01. The summed E-state index contributed by atoms with van der Waals surface area (Å²) in [5, 5.41) is 0. The molecule has 31 heavy (non-hydrogen) atoms. The van der Waals surface area contributed by atoms with Gasteiger partial charge in [-0.2, -0.15) is 0 Å². The van der Waals surface area contributed by atoms with Crippen molar-refractivity contribution in [2.75, 3.05) is 47.3 Å². The number of benzene rings is 1. The first-order chi connectivity index (χ1) is 14.8. The zero-order valence-electron chi connectivity index (χ0n) is 18.9. The molecule has 1 aromatic carbocycles. The Bertz CT molecular complexity index is 941. The number of hydrogen-bond donors (Lipinski definition) is 0. The second-order valence-corrected chi connectivity index (χ2v) is 10.0. The van der Waals surface area contributed by atoms with Gasteiger partial charge in [0, 0.05) is 44.6 Å². The van der Waals surface area contributed by atoms with Crippen LogP contribution in [0.3, 0.4) is 0 Å². The van der Waals surface area contributed by atoms with Crippen LogP contribution in [0.2, 0.25) is 0 Å². The van der Waals surface area contributed by atoms with Crippen molar-refractivity contribution in [1.29, 1.82) is 0 Å². The van der Waals surface area contributed by atoms with Crippen molar-refractivity contribution in [1.82, 2.24) is 19.6 Å².